The predicted octanol–water partition coefficient (Wildman–Crippen LogP) is -1.39. The van der Waals surface area contributed by atoms with Gasteiger partial charge in [-0.3, -0.25) is 0 Å². The summed E-state index contributed by atoms with van der Waals surface area (Å²) in [5.41, 5.74) is 0. The minimum absolute atomic E-state index is 0.0533. The lowest BCUT2D eigenvalue weighted by Crippen LogP contribution is -2.29. The molecule has 5 unspecified atom stereocenters. The molecular weight excluding hydrogens is 240 g/mol. The Bertz CT molecular complexity index is 201. The zero-order valence-electron chi connectivity index (χ0n) is 10.8. The maximum atomic E-state index is 9.64. The molecule has 0 aliphatic heterocycles. The fraction of sp³-hybridized carbons (Fsp3) is 1.00. The molecule has 18 heavy (non-hydrogen) atoms. The average molecular weight is 266 g/mol. The van der Waals surface area contributed by atoms with E-state index in [1.54, 1.807) is 6.92 Å². The maximum absolute atomic E-state index is 9.64. The molecule has 0 rings (SSSR count). The van der Waals surface area contributed by atoms with E-state index in [-0.39, 0.29) is 44.8 Å². The highest BCUT2D eigenvalue weighted by molar-refractivity contribution is 4.73. The van der Waals surface area contributed by atoms with Crippen LogP contribution in [0.4, 0.5) is 0 Å². The molecule has 0 bridgehead atoms. The molecule has 110 valence electrons. The van der Waals surface area contributed by atoms with Crippen molar-refractivity contribution in [3.05, 3.63) is 0 Å². The first kappa shape index (κ1) is 17.8. The molecule has 0 aliphatic carbocycles. The van der Waals surface area contributed by atoms with E-state index in [2.05, 4.69) is 0 Å². The maximum Gasteiger partial charge on any atom is 0.0612 e. The number of aliphatic hydroxyl groups excluding tert-OH is 6. The molecule has 0 aromatic rings. The molecule has 0 aliphatic rings. The van der Waals surface area contributed by atoms with Gasteiger partial charge in [0.2, 0.25) is 0 Å². The third-order valence-electron chi connectivity index (χ3n) is 3.01. The molecule has 0 saturated heterocycles. The first-order chi connectivity index (χ1) is 8.40. The smallest absolute Gasteiger partial charge is 0.0612 e. The Kier molecular flexibility index (Phi) is 9.53. The summed E-state index contributed by atoms with van der Waals surface area (Å²) in [6.07, 6.45) is -2.96. The third kappa shape index (κ3) is 7.97. The molecule has 6 N–H and O–H groups in total. The van der Waals surface area contributed by atoms with Gasteiger partial charge in [0.05, 0.1) is 24.4 Å². The average Bonchev–Trinajstić information content (AvgIpc) is 2.27. The number of rotatable bonds is 10. The van der Waals surface area contributed by atoms with Gasteiger partial charge < -0.3 is 30.6 Å². The molecule has 5 atom stereocenters. The van der Waals surface area contributed by atoms with Gasteiger partial charge in [-0.1, -0.05) is 6.92 Å². The van der Waals surface area contributed by atoms with E-state index in [1.165, 1.54) is 0 Å². The summed E-state index contributed by atoms with van der Waals surface area (Å²) in [5.74, 6) is -0.322. The van der Waals surface area contributed by atoms with E-state index in [9.17, 15) is 20.4 Å². The molecule has 0 aromatic heterocycles. The van der Waals surface area contributed by atoms with Crippen molar-refractivity contribution in [2.45, 2.75) is 57.0 Å². The van der Waals surface area contributed by atoms with Crippen LogP contribution in [0.1, 0.15) is 32.6 Å². The fourth-order valence-electron chi connectivity index (χ4n) is 1.72. The van der Waals surface area contributed by atoms with Crippen LogP contribution in [0.25, 0.3) is 0 Å². The quantitative estimate of drug-likeness (QED) is 0.289. The van der Waals surface area contributed by atoms with Gasteiger partial charge in [-0.15, -0.1) is 0 Å². The van der Waals surface area contributed by atoms with Crippen molar-refractivity contribution < 1.29 is 30.6 Å². The fourth-order valence-corrected chi connectivity index (χ4v) is 1.72. The highest BCUT2D eigenvalue weighted by Gasteiger charge is 2.21. The van der Waals surface area contributed by atoms with Crippen molar-refractivity contribution in [2.24, 2.45) is 5.92 Å². The SMILES string of the molecule is CC(CO)C(O)CC(O)CC(O)CC(O)CCO. The van der Waals surface area contributed by atoms with Crippen LogP contribution in [0.5, 0.6) is 0 Å². The van der Waals surface area contributed by atoms with Crippen LogP contribution in [0.2, 0.25) is 0 Å². The van der Waals surface area contributed by atoms with Gasteiger partial charge in [-0.05, 0) is 25.7 Å². The zero-order chi connectivity index (χ0) is 14.1. The summed E-state index contributed by atoms with van der Waals surface area (Å²) in [6.45, 7) is 1.35. The van der Waals surface area contributed by atoms with Gasteiger partial charge in [-0.2, -0.15) is 0 Å². The van der Waals surface area contributed by atoms with Crippen molar-refractivity contribution in [2.75, 3.05) is 13.2 Å². The lowest BCUT2D eigenvalue weighted by molar-refractivity contribution is -0.00236. The van der Waals surface area contributed by atoms with Gasteiger partial charge in [0.15, 0.2) is 0 Å². The molecule has 0 spiro atoms. The van der Waals surface area contributed by atoms with Crippen LogP contribution in [-0.4, -0.2) is 68.3 Å². The molecule has 0 amide bonds. The zero-order valence-corrected chi connectivity index (χ0v) is 10.8. The summed E-state index contributed by atoms with van der Waals surface area (Å²) in [4.78, 5) is 0. The standard InChI is InChI=1S/C12H26O6/c1-8(7-14)12(18)6-11(17)5-10(16)4-9(15)2-3-13/h8-18H,2-7H2,1H3. The van der Waals surface area contributed by atoms with Gasteiger partial charge in [-0.25, -0.2) is 0 Å². The van der Waals surface area contributed by atoms with Crippen LogP contribution in [0, 0.1) is 5.92 Å². The number of hydrogen-bond acceptors (Lipinski definition) is 6. The Balaban J connectivity index is 3.89. The second kappa shape index (κ2) is 9.66. The summed E-state index contributed by atoms with van der Waals surface area (Å²) in [5, 5.41) is 55.6. The molecule has 6 nitrogen and oxygen atoms in total. The van der Waals surface area contributed by atoms with E-state index in [0.29, 0.717) is 0 Å². The van der Waals surface area contributed by atoms with Crippen molar-refractivity contribution in [1.82, 2.24) is 0 Å². The Morgan fingerprint density at radius 1 is 0.778 bits per heavy atom. The van der Waals surface area contributed by atoms with E-state index in [0.717, 1.165) is 0 Å². The Hall–Kier alpha value is -0.240. The van der Waals surface area contributed by atoms with Crippen molar-refractivity contribution in [3.63, 3.8) is 0 Å². The second-order valence-corrected chi connectivity index (χ2v) is 4.91. The Morgan fingerprint density at radius 3 is 1.78 bits per heavy atom. The lowest BCUT2D eigenvalue weighted by atomic mass is 9.95. The predicted molar refractivity (Wildman–Crippen MR) is 65.8 cm³/mol. The largest absolute Gasteiger partial charge is 0.396 e. The van der Waals surface area contributed by atoms with E-state index >= 15 is 0 Å². The highest BCUT2D eigenvalue weighted by Crippen LogP contribution is 2.14. The normalized spacial score (nSPS) is 20.2. The van der Waals surface area contributed by atoms with Crippen molar-refractivity contribution in [3.8, 4) is 0 Å². The summed E-state index contributed by atoms with van der Waals surface area (Å²) >= 11 is 0. The van der Waals surface area contributed by atoms with Crippen LogP contribution >= 0.6 is 0 Å². The summed E-state index contributed by atoms with van der Waals surface area (Å²) in [6, 6.07) is 0. The van der Waals surface area contributed by atoms with E-state index < -0.39 is 24.4 Å². The van der Waals surface area contributed by atoms with Gasteiger partial charge in [0, 0.05) is 19.1 Å². The summed E-state index contributed by atoms with van der Waals surface area (Å²) in [7, 11) is 0. The van der Waals surface area contributed by atoms with Gasteiger partial charge in [0.25, 0.3) is 0 Å². The third-order valence-corrected chi connectivity index (χ3v) is 3.01. The van der Waals surface area contributed by atoms with Crippen molar-refractivity contribution >= 4 is 0 Å². The first-order valence-corrected chi connectivity index (χ1v) is 6.34. The first-order valence-electron chi connectivity index (χ1n) is 6.34. The second-order valence-electron chi connectivity index (χ2n) is 4.91. The van der Waals surface area contributed by atoms with Gasteiger partial charge in [0.1, 0.15) is 0 Å². The highest BCUT2D eigenvalue weighted by atomic mass is 16.3. The van der Waals surface area contributed by atoms with Crippen LogP contribution in [0.15, 0.2) is 0 Å². The summed E-state index contributed by atoms with van der Waals surface area (Å²) < 4.78 is 0. The Morgan fingerprint density at radius 2 is 1.28 bits per heavy atom. The number of aliphatic hydroxyl groups is 6. The minimum atomic E-state index is -0.884. The minimum Gasteiger partial charge on any atom is -0.396 e. The molecular formula is C12H26O6. The molecule has 6 heteroatoms. The van der Waals surface area contributed by atoms with Crippen LogP contribution in [-0.2, 0) is 0 Å². The van der Waals surface area contributed by atoms with Crippen LogP contribution < -0.4 is 0 Å². The monoisotopic (exact) mass is 266 g/mol. The topological polar surface area (TPSA) is 121 Å². The molecule has 0 radical (unpaired) electrons. The Labute approximate surface area is 108 Å². The van der Waals surface area contributed by atoms with Crippen molar-refractivity contribution in [1.29, 1.82) is 0 Å². The van der Waals surface area contributed by atoms with E-state index in [4.69, 9.17) is 10.2 Å². The van der Waals surface area contributed by atoms with E-state index in [1.807, 2.05) is 0 Å². The molecule has 0 saturated carbocycles. The molecule has 0 fully saturated rings. The number of hydrogen-bond donors (Lipinski definition) is 6. The van der Waals surface area contributed by atoms with Gasteiger partial charge >= 0.3 is 0 Å². The lowest BCUT2D eigenvalue weighted by Gasteiger charge is -2.22. The molecule has 0 aromatic carbocycles. The molecule has 0 heterocycles. The van der Waals surface area contributed by atoms with Crippen LogP contribution in [0.3, 0.4) is 0 Å².